The predicted molar refractivity (Wildman–Crippen MR) is 91.5 cm³/mol. The van der Waals surface area contributed by atoms with Crippen molar-refractivity contribution in [2.75, 3.05) is 13.1 Å². The maximum atomic E-state index is 13.5. The van der Waals surface area contributed by atoms with Gasteiger partial charge >= 0.3 is 0 Å². The first-order valence-electron chi connectivity index (χ1n) is 9.30. The number of nitrogens with zero attached hydrogens (tertiary/aromatic N) is 5. The Kier molecular flexibility index (Phi) is 3.40. The third kappa shape index (κ3) is 2.30. The molecule has 0 radical (unpaired) electrons. The number of carbonyl (C=O) groups is 1. The Morgan fingerprint density at radius 3 is 2.40 bits per heavy atom. The lowest BCUT2D eigenvalue weighted by atomic mass is 9.82. The number of benzene rings is 1. The van der Waals surface area contributed by atoms with Crippen LogP contribution in [0.25, 0.3) is 0 Å². The molecule has 2 aliphatic carbocycles. The second-order valence-electron chi connectivity index (χ2n) is 7.89. The molecular formula is C19H23N5O. The van der Waals surface area contributed by atoms with E-state index < -0.39 is 6.04 Å². The summed E-state index contributed by atoms with van der Waals surface area (Å²) in [5.74, 6) is 3.93. The minimum atomic E-state index is -0.465. The molecule has 0 N–H and O–H groups in total. The van der Waals surface area contributed by atoms with Gasteiger partial charge in [-0.15, -0.1) is 5.10 Å². The van der Waals surface area contributed by atoms with Crippen LogP contribution in [-0.2, 0) is 4.79 Å². The van der Waals surface area contributed by atoms with Gasteiger partial charge < -0.3 is 4.90 Å². The van der Waals surface area contributed by atoms with Crippen molar-refractivity contribution in [1.82, 2.24) is 25.1 Å². The summed E-state index contributed by atoms with van der Waals surface area (Å²) < 4.78 is 1.67. The molecule has 1 aromatic heterocycles. The quantitative estimate of drug-likeness (QED) is 0.860. The maximum Gasteiger partial charge on any atom is 0.252 e. The van der Waals surface area contributed by atoms with Gasteiger partial charge in [0.1, 0.15) is 5.82 Å². The highest BCUT2D eigenvalue weighted by Gasteiger charge is 2.53. The van der Waals surface area contributed by atoms with Crippen molar-refractivity contribution in [2.24, 2.45) is 23.7 Å². The molecule has 2 saturated carbocycles. The fourth-order valence-corrected chi connectivity index (χ4v) is 5.54. The van der Waals surface area contributed by atoms with E-state index in [-0.39, 0.29) is 5.91 Å². The molecule has 6 heteroatoms. The average molecular weight is 337 g/mol. The zero-order valence-electron chi connectivity index (χ0n) is 14.5. The summed E-state index contributed by atoms with van der Waals surface area (Å²) >= 11 is 0. The molecule has 0 spiro atoms. The zero-order chi connectivity index (χ0) is 17.0. The van der Waals surface area contributed by atoms with Crippen molar-refractivity contribution in [3.05, 3.63) is 41.7 Å². The number of aryl methyl sites for hydroxylation is 1. The molecule has 1 aliphatic heterocycles. The average Bonchev–Trinajstić information content (AvgIpc) is 3.38. The Hall–Kier alpha value is -2.24. The number of hydrogen-bond donors (Lipinski definition) is 0. The lowest BCUT2D eigenvalue weighted by molar-refractivity contribution is -0.133. The highest BCUT2D eigenvalue weighted by molar-refractivity contribution is 5.84. The minimum absolute atomic E-state index is 0.135. The second kappa shape index (κ2) is 5.64. The van der Waals surface area contributed by atoms with E-state index in [0.29, 0.717) is 17.7 Å². The molecule has 25 heavy (non-hydrogen) atoms. The van der Waals surface area contributed by atoms with E-state index in [0.717, 1.165) is 30.5 Å². The molecule has 1 aromatic carbocycles. The standard InChI is InChI=1S/C19H23N5O/c1-12-20-21-22-24(12)18(13-5-3-2-4-6-13)19(25)23-10-16-14-7-8-15(9-14)17(16)11-23/h2-6,14-18H,7-11H2,1H3/t14-,15+,16-,17+,18-/m0/s1. The Morgan fingerprint density at radius 1 is 1.12 bits per heavy atom. The van der Waals surface area contributed by atoms with Crippen LogP contribution in [0, 0.1) is 30.6 Å². The number of rotatable bonds is 3. The van der Waals surface area contributed by atoms with Crippen LogP contribution in [0.3, 0.4) is 0 Å². The molecule has 130 valence electrons. The van der Waals surface area contributed by atoms with E-state index in [9.17, 15) is 4.79 Å². The maximum absolute atomic E-state index is 13.5. The third-order valence-electron chi connectivity index (χ3n) is 6.70. The summed E-state index contributed by atoms with van der Waals surface area (Å²) in [7, 11) is 0. The fourth-order valence-electron chi connectivity index (χ4n) is 5.54. The summed E-state index contributed by atoms with van der Waals surface area (Å²) in [6, 6.07) is 9.42. The number of amides is 1. The zero-order valence-corrected chi connectivity index (χ0v) is 14.5. The molecule has 0 unspecified atom stereocenters. The lowest BCUT2D eigenvalue weighted by Crippen LogP contribution is -2.38. The molecule has 1 saturated heterocycles. The molecule has 3 aliphatic rings. The third-order valence-corrected chi connectivity index (χ3v) is 6.70. The van der Waals surface area contributed by atoms with E-state index in [1.54, 1.807) is 4.68 Å². The predicted octanol–water partition coefficient (Wildman–Crippen LogP) is 2.08. The summed E-state index contributed by atoms with van der Waals surface area (Å²) in [6.07, 6.45) is 4.12. The SMILES string of the molecule is Cc1nnnn1[C@H](C(=O)N1C[C@@H]2[C@@H]3CC[C@@H](C3)[C@@H]2C1)c1ccccc1. The van der Waals surface area contributed by atoms with E-state index in [1.807, 2.05) is 37.3 Å². The number of fused-ring (bicyclic) bond motifs is 5. The number of aromatic nitrogens is 4. The van der Waals surface area contributed by atoms with Crippen molar-refractivity contribution in [2.45, 2.75) is 32.2 Å². The lowest BCUT2D eigenvalue weighted by Gasteiger charge is -2.25. The Labute approximate surface area is 147 Å². The van der Waals surface area contributed by atoms with Gasteiger partial charge in [0.2, 0.25) is 0 Å². The van der Waals surface area contributed by atoms with Crippen LogP contribution in [-0.4, -0.2) is 44.1 Å². The van der Waals surface area contributed by atoms with Gasteiger partial charge in [-0.1, -0.05) is 30.3 Å². The van der Waals surface area contributed by atoms with Crippen LogP contribution in [0.1, 0.15) is 36.7 Å². The van der Waals surface area contributed by atoms with Crippen LogP contribution in [0.2, 0.25) is 0 Å². The summed E-state index contributed by atoms with van der Waals surface area (Å²) in [5.41, 5.74) is 0.947. The Balaban J connectivity index is 1.46. The Morgan fingerprint density at radius 2 is 1.80 bits per heavy atom. The molecule has 5 rings (SSSR count). The van der Waals surface area contributed by atoms with Gasteiger partial charge in [0.15, 0.2) is 6.04 Å². The van der Waals surface area contributed by atoms with Crippen molar-refractivity contribution in [3.63, 3.8) is 0 Å². The molecule has 5 atom stereocenters. The molecule has 6 nitrogen and oxygen atoms in total. The first-order valence-corrected chi connectivity index (χ1v) is 9.30. The van der Waals surface area contributed by atoms with Crippen molar-refractivity contribution < 1.29 is 4.79 Å². The summed E-state index contributed by atoms with van der Waals surface area (Å²) in [4.78, 5) is 15.6. The van der Waals surface area contributed by atoms with Crippen LogP contribution in [0.4, 0.5) is 0 Å². The van der Waals surface area contributed by atoms with Crippen LogP contribution in [0.15, 0.2) is 30.3 Å². The molecule has 1 amide bonds. The van der Waals surface area contributed by atoms with Gasteiger partial charge in [-0.3, -0.25) is 4.79 Å². The van der Waals surface area contributed by atoms with Crippen molar-refractivity contribution in [1.29, 1.82) is 0 Å². The van der Waals surface area contributed by atoms with Gasteiger partial charge in [-0.05, 0) is 65.8 Å². The van der Waals surface area contributed by atoms with Crippen molar-refractivity contribution >= 4 is 5.91 Å². The minimum Gasteiger partial charge on any atom is -0.340 e. The van der Waals surface area contributed by atoms with Crippen molar-refractivity contribution in [3.8, 4) is 0 Å². The summed E-state index contributed by atoms with van der Waals surface area (Å²) in [5, 5.41) is 11.9. The first kappa shape index (κ1) is 15.0. The number of carbonyl (C=O) groups excluding carboxylic acids is 1. The van der Waals surface area contributed by atoms with E-state index in [4.69, 9.17) is 0 Å². The van der Waals surface area contributed by atoms with Gasteiger partial charge in [-0.25, -0.2) is 4.68 Å². The molecule has 2 bridgehead atoms. The smallest absolute Gasteiger partial charge is 0.252 e. The monoisotopic (exact) mass is 337 g/mol. The summed E-state index contributed by atoms with van der Waals surface area (Å²) in [6.45, 7) is 3.67. The van der Waals surface area contributed by atoms with Gasteiger partial charge in [0.05, 0.1) is 0 Å². The number of tetrazole rings is 1. The van der Waals surface area contributed by atoms with E-state index in [1.165, 1.54) is 19.3 Å². The van der Waals surface area contributed by atoms with E-state index >= 15 is 0 Å². The van der Waals surface area contributed by atoms with Gasteiger partial charge in [0, 0.05) is 13.1 Å². The van der Waals surface area contributed by atoms with Crippen LogP contribution < -0.4 is 0 Å². The van der Waals surface area contributed by atoms with E-state index in [2.05, 4.69) is 20.4 Å². The first-order chi connectivity index (χ1) is 12.2. The highest BCUT2D eigenvalue weighted by atomic mass is 16.2. The number of hydrogen-bond acceptors (Lipinski definition) is 4. The number of likely N-dealkylation sites (tertiary alicyclic amines) is 1. The molecular weight excluding hydrogens is 314 g/mol. The molecule has 2 aromatic rings. The van der Waals surface area contributed by atoms with Gasteiger partial charge in [-0.2, -0.15) is 0 Å². The van der Waals surface area contributed by atoms with Crippen LogP contribution in [0.5, 0.6) is 0 Å². The molecule has 2 heterocycles. The highest BCUT2D eigenvalue weighted by Crippen LogP contribution is 2.55. The topological polar surface area (TPSA) is 63.9 Å². The molecule has 3 fully saturated rings. The Bertz CT molecular complexity index is 770. The largest absolute Gasteiger partial charge is 0.340 e. The van der Waals surface area contributed by atoms with Crippen LogP contribution >= 0.6 is 0 Å². The fraction of sp³-hybridized carbons (Fsp3) is 0.579. The second-order valence-corrected chi connectivity index (χ2v) is 7.89. The normalized spacial score (nSPS) is 31.3. The van der Waals surface area contributed by atoms with Gasteiger partial charge in [0.25, 0.3) is 5.91 Å².